The molecule has 0 saturated carbocycles. The average Bonchev–Trinajstić information content (AvgIpc) is 3.16. The van der Waals surface area contributed by atoms with Crippen LogP contribution in [0.25, 0.3) is 11.4 Å². The second-order valence-electron chi connectivity index (χ2n) is 5.79. The van der Waals surface area contributed by atoms with Gasteiger partial charge in [0, 0.05) is 15.6 Å². The fourth-order valence-corrected chi connectivity index (χ4v) is 3.00. The summed E-state index contributed by atoms with van der Waals surface area (Å²) in [5.41, 5.74) is 1.01. The van der Waals surface area contributed by atoms with E-state index in [4.69, 9.17) is 18.9 Å². The molecule has 0 N–H and O–H groups in total. The second-order valence-corrected chi connectivity index (χ2v) is 6.70. The average molecular weight is 462 g/mol. The van der Waals surface area contributed by atoms with Crippen molar-refractivity contribution in [2.45, 2.75) is 6.92 Å². The maximum Gasteiger partial charge on any atom is 0.336 e. The Morgan fingerprint density at radius 3 is 2.17 bits per heavy atom. The lowest BCUT2D eigenvalue weighted by atomic mass is 10.1. The fourth-order valence-electron chi connectivity index (χ4n) is 2.74. The van der Waals surface area contributed by atoms with E-state index < -0.39 is 0 Å². The van der Waals surface area contributed by atoms with E-state index in [0.717, 1.165) is 4.47 Å². The van der Waals surface area contributed by atoms with Crippen LogP contribution in [0.5, 0.6) is 23.3 Å². The van der Waals surface area contributed by atoms with Crippen LogP contribution in [0.15, 0.2) is 40.9 Å². The van der Waals surface area contributed by atoms with Crippen molar-refractivity contribution in [2.75, 3.05) is 27.9 Å². The first-order chi connectivity index (χ1) is 14.0. The van der Waals surface area contributed by atoms with Crippen molar-refractivity contribution in [1.29, 1.82) is 0 Å². The number of carbonyl (C=O) groups is 1. The van der Waals surface area contributed by atoms with Gasteiger partial charge in [-0.3, -0.25) is 4.79 Å². The SMILES string of the molecule is CCOc1nc(-c2cc(OC)c(OC)c(OC)c2)n(C(=O)c2ccc(Br)cc2)n1. The number of methoxy groups -OCH3 is 3. The molecule has 3 rings (SSSR count). The molecule has 0 amide bonds. The third kappa shape index (κ3) is 4.19. The van der Waals surface area contributed by atoms with E-state index >= 15 is 0 Å². The predicted molar refractivity (Wildman–Crippen MR) is 110 cm³/mol. The molecule has 1 heterocycles. The van der Waals surface area contributed by atoms with E-state index in [0.29, 0.717) is 40.8 Å². The molecule has 152 valence electrons. The predicted octanol–water partition coefficient (Wildman–Crippen LogP) is 3.82. The van der Waals surface area contributed by atoms with E-state index in [2.05, 4.69) is 26.0 Å². The Morgan fingerprint density at radius 2 is 1.66 bits per heavy atom. The summed E-state index contributed by atoms with van der Waals surface area (Å²) in [5, 5.41) is 4.24. The van der Waals surface area contributed by atoms with Crippen LogP contribution in [0, 0.1) is 0 Å². The quantitative estimate of drug-likeness (QED) is 0.528. The molecule has 9 heteroatoms. The van der Waals surface area contributed by atoms with Crippen molar-refractivity contribution in [1.82, 2.24) is 14.8 Å². The number of halogens is 1. The lowest BCUT2D eigenvalue weighted by Crippen LogP contribution is -2.15. The van der Waals surface area contributed by atoms with E-state index in [1.165, 1.54) is 26.0 Å². The highest BCUT2D eigenvalue weighted by molar-refractivity contribution is 9.10. The Morgan fingerprint density at radius 1 is 1.03 bits per heavy atom. The van der Waals surface area contributed by atoms with Gasteiger partial charge in [-0.2, -0.15) is 9.67 Å². The molecule has 0 bridgehead atoms. The third-order valence-electron chi connectivity index (χ3n) is 4.07. The number of carbonyl (C=O) groups excluding carboxylic acids is 1. The number of hydrogen-bond acceptors (Lipinski definition) is 7. The van der Waals surface area contributed by atoms with Gasteiger partial charge in [0.2, 0.25) is 5.75 Å². The minimum absolute atomic E-state index is 0.0988. The second kappa shape index (κ2) is 8.95. The van der Waals surface area contributed by atoms with Gasteiger partial charge in [0.15, 0.2) is 17.3 Å². The topological polar surface area (TPSA) is 84.7 Å². The summed E-state index contributed by atoms with van der Waals surface area (Å²) < 4.78 is 23.7. The van der Waals surface area contributed by atoms with Crippen LogP contribution in [0.2, 0.25) is 0 Å². The lowest BCUT2D eigenvalue weighted by Gasteiger charge is -2.14. The Hall–Kier alpha value is -3.07. The van der Waals surface area contributed by atoms with Crippen molar-refractivity contribution >= 4 is 21.8 Å². The number of nitrogens with zero attached hydrogens (tertiary/aromatic N) is 3. The van der Waals surface area contributed by atoms with Crippen LogP contribution in [-0.2, 0) is 0 Å². The van der Waals surface area contributed by atoms with Gasteiger partial charge >= 0.3 is 6.01 Å². The monoisotopic (exact) mass is 461 g/mol. The molecule has 0 saturated heterocycles. The van der Waals surface area contributed by atoms with Gasteiger partial charge in [0.05, 0.1) is 27.9 Å². The van der Waals surface area contributed by atoms with Gasteiger partial charge in [-0.1, -0.05) is 15.9 Å². The minimum atomic E-state index is -0.347. The van der Waals surface area contributed by atoms with E-state index in [9.17, 15) is 4.79 Å². The molecule has 8 nitrogen and oxygen atoms in total. The van der Waals surface area contributed by atoms with Crippen LogP contribution in [0.4, 0.5) is 0 Å². The fraction of sp³-hybridized carbons (Fsp3) is 0.250. The molecule has 0 aliphatic carbocycles. The minimum Gasteiger partial charge on any atom is -0.493 e. The molecule has 29 heavy (non-hydrogen) atoms. The van der Waals surface area contributed by atoms with Crippen molar-refractivity contribution < 1.29 is 23.7 Å². The summed E-state index contributed by atoms with van der Waals surface area (Å²) in [6.07, 6.45) is 0. The van der Waals surface area contributed by atoms with Gasteiger partial charge in [-0.15, -0.1) is 5.10 Å². The van der Waals surface area contributed by atoms with E-state index in [-0.39, 0.29) is 11.9 Å². The number of hydrogen-bond donors (Lipinski definition) is 0. The van der Waals surface area contributed by atoms with Crippen molar-refractivity contribution in [2.24, 2.45) is 0 Å². The first-order valence-corrected chi connectivity index (χ1v) is 9.52. The van der Waals surface area contributed by atoms with Crippen molar-refractivity contribution in [3.05, 3.63) is 46.4 Å². The highest BCUT2D eigenvalue weighted by atomic mass is 79.9. The molecule has 0 unspecified atom stereocenters. The third-order valence-corrected chi connectivity index (χ3v) is 4.60. The molecule has 0 aliphatic heterocycles. The highest BCUT2D eigenvalue weighted by Gasteiger charge is 2.23. The highest BCUT2D eigenvalue weighted by Crippen LogP contribution is 2.41. The molecular formula is C20H20BrN3O5. The molecular weight excluding hydrogens is 442 g/mol. The summed E-state index contributed by atoms with van der Waals surface area (Å²) in [7, 11) is 4.56. The molecule has 0 radical (unpaired) electrons. The number of ether oxygens (including phenoxy) is 4. The maximum absolute atomic E-state index is 13.1. The van der Waals surface area contributed by atoms with Gasteiger partial charge < -0.3 is 18.9 Å². The molecule has 0 spiro atoms. The number of aromatic nitrogens is 3. The van der Waals surface area contributed by atoms with Crippen LogP contribution >= 0.6 is 15.9 Å². The first kappa shape index (κ1) is 20.7. The van der Waals surface area contributed by atoms with Crippen LogP contribution in [0.1, 0.15) is 17.3 Å². The molecule has 1 aromatic heterocycles. The summed E-state index contributed by atoms with van der Waals surface area (Å²) in [4.78, 5) is 17.5. The Kier molecular flexibility index (Phi) is 6.38. The van der Waals surface area contributed by atoms with Gasteiger partial charge in [0.25, 0.3) is 5.91 Å². The summed E-state index contributed by atoms with van der Waals surface area (Å²) in [6, 6.07) is 10.5. The Balaban J connectivity index is 2.16. The summed E-state index contributed by atoms with van der Waals surface area (Å²) in [5.74, 6) is 1.25. The van der Waals surface area contributed by atoms with Crippen LogP contribution in [-0.4, -0.2) is 48.6 Å². The molecule has 0 fully saturated rings. The zero-order valence-electron chi connectivity index (χ0n) is 16.4. The van der Waals surface area contributed by atoms with E-state index in [1.807, 2.05) is 6.92 Å². The number of rotatable bonds is 7. The van der Waals surface area contributed by atoms with Crippen molar-refractivity contribution in [3.63, 3.8) is 0 Å². The number of benzene rings is 2. The first-order valence-electron chi connectivity index (χ1n) is 8.72. The molecule has 2 aromatic carbocycles. The largest absolute Gasteiger partial charge is 0.493 e. The van der Waals surface area contributed by atoms with Crippen molar-refractivity contribution in [3.8, 4) is 34.6 Å². The lowest BCUT2D eigenvalue weighted by molar-refractivity contribution is 0.0945. The summed E-state index contributed by atoms with van der Waals surface area (Å²) in [6.45, 7) is 2.18. The van der Waals surface area contributed by atoms with Gasteiger partial charge in [-0.25, -0.2) is 0 Å². The molecule has 0 aliphatic rings. The zero-order valence-corrected chi connectivity index (χ0v) is 18.0. The standard InChI is InChI=1S/C20H20BrN3O5/c1-5-29-20-22-18(13-10-15(26-2)17(28-4)16(11-13)27-3)24(23-20)19(25)12-6-8-14(21)9-7-12/h6-11H,5H2,1-4H3. The van der Waals surface area contributed by atoms with Gasteiger partial charge in [0.1, 0.15) is 0 Å². The van der Waals surface area contributed by atoms with Crippen LogP contribution < -0.4 is 18.9 Å². The maximum atomic E-state index is 13.1. The zero-order chi connectivity index (χ0) is 21.0. The Labute approximate surface area is 176 Å². The van der Waals surface area contributed by atoms with Crippen LogP contribution in [0.3, 0.4) is 0 Å². The molecule has 0 atom stereocenters. The molecule has 3 aromatic rings. The smallest absolute Gasteiger partial charge is 0.336 e. The van der Waals surface area contributed by atoms with E-state index in [1.54, 1.807) is 36.4 Å². The normalized spacial score (nSPS) is 10.5. The van der Waals surface area contributed by atoms with Gasteiger partial charge in [-0.05, 0) is 43.3 Å². The summed E-state index contributed by atoms with van der Waals surface area (Å²) >= 11 is 3.37. The Bertz CT molecular complexity index is 992.